The molecule has 0 saturated heterocycles. The van der Waals surface area contributed by atoms with E-state index in [1.807, 2.05) is 26.0 Å². The predicted octanol–water partition coefficient (Wildman–Crippen LogP) is 3.58. The van der Waals surface area contributed by atoms with Crippen LogP contribution < -0.4 is 10.1 Å². The Morgan fingerprint density at radius 2 is 1.67 bits per heavy atom. The van der Waals surface area contributed by atoms with Gasteiger partial charge in [0, 0.05) is 5.69 Å². The maximum atomic E-state index is 12.1. The molecular weight excluding hydrogens is 306 g/mol. The summed E-state index contributed by atoms with van der Waals surface area (Å²) in [4.78, 5) is 24.2. The van der Waals surface area contributed by atoms with Crippen LogP contribution in [0.2, 0.25) is 0 Å². The normalized spacial score (nSPS) is 11.5. The highest BCUT2D eigenvalue weighted by molar-refractivity contribution is 5.97. The summed E-state index contributed by atoms with van der Waals surface area (Å²) in [5.41, 5.74) is 2.13. The van der Waals surface area contributed by atoms with Crippen molar-refractivity contribution in [1.29, 1.82) is 0 Å². The summed E-state index contributed by atoms with van der Waals surface area (Å²) in [6, 6.07) is 14.0. The van der Waals surface area contributed by atoms with E-state index in [9.17, 15) is 9.59 Å². The number of nitrogens with one attached hydrogen (secondary N) is 1. The summed E-state index contributed by atoms with van der Waals surface area (Å²) in [5.74, 6) is -0.248. The second kappa shape index (κ2) is 8.15. The lowest BCUT2D eigenvalue weighted by atomic mass is 10.2. The van der Waals surface area contributed by atoms with E-state index in [0.29, 0.717) is 23.6 Å². The zero-order valence-corrected chi connectivity index (χ0v) is 14.0. The van der Waals surface area contributed by atoms with E-state index in [1.54, 1.807) is 36.4 Å². The van der Waals surface area contributed by atoms with E-state index in [2.05, 4.69) is 5.32 Å². The molecule has 126 valence electrons. The van der Waals surface area contributed by atoms with Crippen molar-refractivity contribution in [3.8, 4) is 5.75 Å². The van der Waals surface area contributed by atoms with Crippen molar-refractivity contribution in [2.24, 2.45) is 0 Å². The van der Waals surface area contributed by atoms with Crippen molar-refractivity contribution >= 4 is 17.6 Å². The fourth-order valence-corrected chi connectivity index (χ4v) is 2.02. The topological polar surface area (TPSA) is 64.6 Å². The summed E-state index contributed by atoms with van der Waals surface area (Å²) < 4.78 is 10.5. The molecule has 0 saturated carbocycles. The van der Waals surface area contributed by atoms with Crippen molar-refractivity contribution in [2.75, 3.05) is 11.9 Å². The molecule has 0 fully saturated rings. The first-order valence-electron chi connectivity index (χ1n) is 7.81. The van der Waals surface area contributed by atoms with Gasteiger partial charge in [0.25, 0.3) is 5.91 Å². The maximum absolute atomic E-state index is 12.1. The summed E-state index contributed by atoms with van der Waals surface area (Å²) in [6.07, 6.45) is -0.898. The van der Waals surface area contributed by atoms with E-state index in [-0.39, 0.29) is 5.91 Å². The lowest BCUT2D eigenvalue weighted by molar-refractivity contribution is -0.123. The quantitative estimate of drug-likeness (QED) is 0.824. The number of carbonyl (C=O) groups excluding carboxylic acids is 2. The number of ether oxygens (including phenoxy) is 2. The molecule has 0 aromatic heterocycles. The van der Waals surface area contributed by atoms with E-state index < -0.39 is 12.1 Å². The molecule has 0 aliphatic rings. The van der Waals surface area contributed by atoms with Gasteiger partial charge in [-0.15, -0.1) is 0 Å². The van der Waals surface area contributed by atoms with Gasteiger partial charge in [-0.2, -0.15) is 0 Å². The van der Waals surface area contributed by atoms with Gasteiger partial charge in [0.15, 0.2) is 6.10 Å². The molecule has 1 N–H and O–H groups in total. The van der Waals surface area contributed by atoms with Gasteiger partial charge < -0.3 is 14.8 Å². The van der Waals surface area contributed by atoms with E-state index in [1.165, 1.54) is 6.92 Å². The number of anilines is 1. The highest BCUT2D eigenvalue weighted by Gasteiger charge is 2.19. The molecule has 5 heteroatoms. The molecule has 5 nitrogen and oxygen atoms in total. The Morgan fingerprint density at radius 1 is 1.04 bits per heavy atom. The monoisotopic (exact) mass is 327 g/mol. The molecule has 1 atom stereocenters. The minimum absolute atomic E-state index is 0.369. The Labute approximate surface area is 141 Å². The van der Waals surface area contributed by atoms with Gasteiger partial charge in [0.1, 0.15) is 5.75 Å². The van der Waals surface area contributed by atoms with Crippen LogP contribution in [0.4, 0.5) is 5.69 Å². The second-order valence-corrected chi connectivity index (χ2v) is 5.36. The average molecular weight is 327 g/mol. The SMILES string of the molecule is CCOc1ccc(C(=O)OC(C)C(=O)Nc2ccc(C)cc2)cc1. The number of hydrogen-bond acceptors (Lipinski definition) is 4. The Morgan fingerprint density at radius 3 is 2.25 bits per heavy atom. The molecule has 24 heavy (non-hydrogen) atoms. The largest absolute Gasteiger partial charge is 0.494 e. The minimum atomic E-state index is -0.898. The third kappa shape index (κ3) is 4.84. The molecule has 0 aliphatic carbocycles. The van der Waals surface area contributed by atoms with Crippen LogP contribution in [-0.4, -0.2) is 24.6 Å². The highest BCUT2D eigenvalue weighted by Crippen LogP contribution is 2.14. The third-order valence-electron chi connectivity index (χ3n) is 3.37. The van der Waals surface area contributed by atoms with Crippen LogP contribution in [0.5, 0.6) is 5.75 Å². The van der Waals surface area contributed by atoms with Crippen LogP contribution in [0.1, 0.15) is 29.8 Å². The fraction of sp³-hybridized carbons (Fsp3) is 0.263. The van der Waals surface area contributed by atoms with Gasteiger partial charge in [-0.25, -0.2) is 4.79 Å². The summed E-state index contributed by atoms with van der Waals surface area (Å²) in [5, 5.41) is 2.72. The van der Waals surface area contributed by atoms with Gasteiger partial charge in [0.05, 0.1) is 12.2 Å². The average Bonchev–Trinajstić information content (AvgIpc) is 2.57. The number of amides is 1. The number of carbonyl (C=O) groups is 2. The Hall–Kier alpha value is -2.82. The molecule has 1 amide bonds. The van der Waals surface area contributed by atoms with Gasteiger partial charge in [-0.3, -0.25) is 4.79 Å². The minimum Gasteiger partial charge on any atom is -0.494 e. The van der Waals surface area contributed by atoms with Crippen LogP contribution in [0, 0.1) is 6.92 Å². The van der Waals surface area contributed by atoms with Gasteiger partial charge in [-0.05, 0) is 57.2 Å². The fourth-order valence-electron chi connectivity index (χ4n) is 2.02. The van der Waals surface area contributed by atoms with E-state index in [4.69, 9.17) is 9.47 Å². The Balaban J connectivity index is 1.92. The predicted molar refractivity (Wildman–Crippen MR) is 92.3 cm³/mol. The number of rotatable bonds is 6. The molecule has 0 aliphatic heterocycles. The molecule has 2 aromatic carbocycles. The van der Waals surface area contributed by atoms with Gasteiger partial charge in [0.2, 0.25) is 0 Å². The first-order valence-corrected chi connectivity index (χ1v) is 7.81. The number of esters is 1. The van der Waals surface area contributed by atoms with Crippen LogP contribution in [0.3, 0.4) is 0 Å². The summed E-state index contributed by atoms with van der Waals surface area (Å²) in [7, 11) is 0. The van der Waals surface area contributed by atoms with Crippen molar-refractivity contribution in [2.45, 2.75) is 26.9 Å². The molecule has 1 unspecified atom stereocenters. The van der Waals surface area contributed by atoms with Crippen molar-refractivity contribution in [3.05, 3.63) is 59.7 Å². The molecular formula is C19H21NO4. The summed E-state index contributed by atoms with van der Waals surface area (Å²) in [6.45, 7) is 5.94. The number of benzene rings is 2. The van der Waals surface area contributed by atoms with E-state index in [0.717, 1.165) is 5.56 Å². The van der Waals surface area contributed by atoms with Gasteiger partial charge >= 0.3 is 5.97 Å². The Bertz CT molecular complexity index is 692. The first kappa shape index (κ1) is 17.5. The number of hydrogen-bond donors (Lipinski definition) is 1. The smallest absolute Gasteiger partial charge is 0.338 e. The molecule has 0 spiro atoms. The number of aryl methyl sites for hydroxylation is 1. The van der Waals surface area contributed by atoms with Crippen LogP contribution in [0.15, 0.2) is 48.5 Å². The standard InChI is InChI=1S/C19H21NO4/c1-4-23-17-11-7-15(8-12-17)19(22)24-14(3)18(21)20-16-9-5-13(2)6-10-16/h5-12,14H,4H2,1-3H3,(H,20,21). The molecule has 0 bridgehead atoms. The molecule has 0 radical (unpaired) electrons. The summed E-state index contributed by atoms with van der Waals surface area (Å²) >= 11 is 0. The van der Waals surface area contributed by atoms with Crippen molar-refractivity contribution in [3.63, 3.8) is 0 Å². The Kier molecular flexibility index (Phi) is 5.95. The second-order valence-electron chi connectivity index (χ2n) is 5.36. The molecule has 2 aromatic rings. The highest BCUT2D eigenvalue weighted by atomic mass is 16.5. The zero-order chi connectivity index (χ0) is 17.5. The van der Waals surface area contributed by atoms with Crippen molar-refractivity contribution in [1.82, 2.24) is 0 Å². The molecule has 2 rings (SSSR count). The first-order chi connectivity index (χ1) is 11.5. The van der Waals surface area contributed by atoms with E-state index >= 15 is 0 Å². The molecule has 0 heterocycles. The third-order valence-corrected chi connectivity index (χ3v) is 3.37. The maximum Gasteiger partial charge on any atom is 0.338 e. The van der Waals surface area contributed by atoms with Crippen molar-refractivity contribution < 1.29 is 19.1 Å². The lowest BCUT2D eigenvalue weighted by Crippen LogP contribution is -2.30. The van der Waals surface area contributed by atoms with Gasteiger partial charge in [-0.1, -0.05) is 17.7 Å². The van der Waals surface area contributed by atoms with Crippen LogP contribution >= 0.6 is 0 Å². The zero-order valence-electron chi connectivity index (χ0n) is 14.0. The van der Waals surface area contributed by atoms with Crippen LogP contribution in [0.25, 0.3) is 0 Å². The lowest BCUT2D eigenvalue weighted by Gasteiger charge is -2.14. The van der Waals surface area contributed by atoms with Crippen LogP contribution in [-0.2, 0) is 9.53 Å².